The van der Waals surface area contributed by atoms with Gasteiger partial charge in [-0.25, -0.2) is 9.59 Å². The number of rotatable bonds is 6. The molecule has 22 heavy (non-hydrogen) atoms. The molecule has 0 heterocycles. The predicted molar refractivity (Wildman–Crippen MR) is 82.8 cm³/mol. The summed E-state index contributed by atoms with van der Waals surface area (Å²) in [5.74, 6) is -0.752. The lowest BCUT2D eigenvalue weighted by Crippen LogP contribution is -2.36. The van der Waals surface area contributed by atoms with Gasteiger partial charge in [0.25, 0.3) is 0 Å². The molecule has 0 bridgehead atoms. The van der Waals surface area contributed by atoms with Crippen LogP contribution in [0, 0.1) is 0 Å². The maximum absolute atomic E-state index is 11.5. The first-order chi connectivity index (χ1) is 10.2. The van der Waals surface area contributed by atoms with Gasteiger partial charge in [-0.2, -0.15) is 0 Å². The molecule has 0 aliphatic heterocycles. The average Bonchev–Trinajstić information content (AvgIpc) is 2.42. The Hall–Kier alpha value is -1.37. The van der Waals surface area contributed by atoms with Crippen molar-refractivity contribution in [1.29, 1.82) is 0 Å². The van der Waals surface area contributed by atoms with Crippen LogP contribution in [0.4, 0.5) is 4.79 Å². The third-order valence-corrected chi connectivity index (χ3v) is 3.10. The summed E-state index contributed by atoms with van der Waals surface area (Å²) in [5.41, 5.74) is 0.496. The number of benzene rings is 1. The molecule has 9 heteroatoms. The molecule has 1 atom stereocenters. The number of amides is 1. The predicted octanol–water partition coefficient (Wildman–Crippen LogP) is 3.31. The summed E-state index contributed by atoms with van der Waals surface area (Å²) in [6, 6.07) is 5.18. The monoisotopic (exact) mass is 369 g/mol. The molecule has 0 aliphatic rings. The van der Waals surface area contributed by atoms with E-state index in [0.29, 0.717) is 11.3 Å². The van der Waals surface area contributed by atoms with Crippen molar-refractivity contribution in [3.05, 3.63) is 29.8 Å². The second-order valence-electron chi connectivity index (χ2n) is 4.09. The van der Waals surface area contributed by atoms with Crippen molar-refractivity contribution >= 4 is 46.9 Å². The van der Waals surface area contributed by atoms with Gasteiger partial charge in [-0.15, -0.1) is 0 Å². The molecule has 0 aromatic heterocycles. The van der Waals surface area contributed by atoms with Gasteiger partial charge in [0.1, 0.15) is 11.8 Å². The molecule has 0 fully saturated rings. The molecule has 6 nitrogen and oxygen atoms in total. The highest BCUT2D eigenvalue weighted by Gasteiger charge is 2.35. The summed E-state index contributed by atoms with van der Waals surface area (Å²) in [5, 5.41) is 11.0. The topological polar surface area (TPSA) is 84.9 Å². The van der Waals surface area contributed by atoms with E-state index in [2.05, 4.69) is 5.32 Å². The smallest absolute Gasteiger partial charge is 0.407 e. The zero-order valence-electron chi connectivity index (χ0n) is 11.5. The fourth-order valence-corrected chi connectivity index (χ4v) is 2.09. The Bertz CT molecular complexity index is 515. The van der Waals surface area contributed by atoms with E-state index in [-0.39, 0.29) is 6.61 Å². The first-order valence-corrected chi connectivity index (χ1v) is 7.32. The highest BCUT2D eigenvalue weighted by Crippen LogP contribution is 2.40. The summed E-state index contributed by atoms with van der Waals surface area (Å²) in [6.07, 6.45) is -0.718. The highest BCUT2D eigenvalue weighted by molar-refractivity contribution is 6.68. The maximum Gasteiger partial charge on any atom is 0.407 e. The van der Waals surface area contributed by atoms with E-state index in [1.165, 1.54) is 12.1 Å². The summed E-state index contributed by atoms with van der Waals surface area (Å²) in [6.45, 7) is 1.37. The Morgan fingerprint density at radius 1 is 1.27 bits per heavy atom. The molecule has 0 radical (unpaired) electrons. The first-order valence-electron chi connectivity index (χ1n) is 6.18. The number of alkyl carbamates (subject to hydrolysis) is 1. The molecule has 1 amide bonds. The number of carboxylic acid groups (broad SMARTS) is 1. The van der Waals surface area contributed by atoms with Gasteiger partial charge in [0.2, 0.25) is 3.79 Å². The minimum atomic E-state index is -1.80. The lowest BCUT2D eigenvalue weighted by atomic mass is 10.1. The lowest BCUT2D eigenvalue weighted by Gasteiger charge is -2.25. The van der Waals surface area contributed by atoms with Gasteiger partial charge < -0.3 is 19.9 Å². The van der Waals surface area contributed by atoms with Crippen LogP contribution in [0.2, 0.25) is 0 Å². The number of carbonyl (C=O) groups excluding carboxylic acids is 1. The van der Waals surface area contributed by atoms with Gasteiger partial charge in [0.05, 0.1) is 6.61 Å². The molecule has 2 N–H and O–H groups in total. The van der Waals surface area contributed by atoms with Crippen molar-refractivity contribution in [3.63, 3.8) is 0 Å². The van der Waals surface area contributed by atoms with E-state index < -0.39 is 28.5 Å². The van der Waals surface area contributed by atoms with Crippen molar-refractivity contribution in [2.75, 3.05) is 13.2 Å². The van der Waals surface area contributed by atoms with Crippen LogP contribution in [-0.4, -0.2) is 34.2 Å². The van der Waals surface area contributed by atoms with Crippen LogP contribution in [0.3, 0.4) is 0 Å². The average molecular weight is 371 g/mol. The minimum absolute atomic E-state index is 0.181. The summed E-state index contributed by atoms with van der Waals surface area (Å²) in [7, 11) is 0. The number of aliphatic carboxylic acids is 1. The lowest BCUT2D eigenvalue weighted by molar-refractivity contribution is -0.139. The standard InChI is InChI=1S/C13H14Cl3NO5/c1-2-21-12(20)17-11(13(14,15)16)8-3-5-9(6-4-8)22-7-10(18)19/h3-6,11H,2,7H2,1H3,(H,17,20)(H,18,19). The molecule has 0 saturated carbocycles. The molecule has 1 aromatic rings. The zero-order valence-corrected chi connectivity index (χ0v) is 13.8. The Morgan fingerprint density at radius 2 is 1.86 bits per heavy atom. The highest BCUT2D eigenvalue weighted by atomic mass is 35.6. The number of nitrogens with one attached hydrogen (secondary N) is 1. The Labute approximate surface area is 142 Å². The Kier molecular flexibility index (Phi) is 7.06. The molecular formula is C13H14Cl3NO5. The van der Waals surface area contributed by atoms with Gasteiger partial charge >= 0.3 is 12.1 Å². The number of halogens is 3. The van der Waals surface area contributed by atoms with E-state index in [0.717, 1.165) is 0 Å². The number of hydrogen-bond acceptors (Lipinski definition) is 4. The normalized spacial score (nSPS) is 12.4. The van der Waals surface area contributed by atoms with Gasteiger partial charge in [-0.1, -0.05) is 46.9 Å². The van der Waals surface area contributed by atoms with E-state index in [9.17, 15) is 9.59 Å². The van der Waals surface area contributed by atoms with Gasteiger partial charge in [0, 0.05) is 0 Å². The largest absolute Gasteiger partial charge is 0.482 e. The van der Waals surface area contributed by atoms with E-state index in [1.54, 1.807) is 19.1 Å². The fourth-order valence-electron chi connectivity index (χ4n) is 1.55. The molecule has 0 saturated heterocycles. The number of alkyl halides is 3. The van der Waals surface area contributed by atoms with Crippen molar-refractivity contribution in [2.24, 2.45) is 0 Å². The number of hydrogen-bond donors (Lipinski definition) is 2. The van der Waals surface area contributed by atoms with Crippen LogP contribution in [0.5, 0.6) is 5.75 Å². The fraction of sp³-hybridized carbons (Fsp3) is 0.385. The number of carboxylic acids is 1. The molecule has 0 spiro atoms. The minimum Gasteiger partial charge on any atom is -0.482 e. The molecule has 0 aliphatic carbocycles. The zero-order chi connectivity index (χ0) is 16.8. The van der Waals surface area contributed by atoms with E-state index >= 15 is 0 Å². The molecule has 122 valence electrons. The number of carbonyl (C=O) groups is 2. The quantitative estimate of drug-likeness (QED) is 0.750. The van der Waals surface area contributed by atoms with E-state index in [4.69, 9.17) is 49.4 Å². The van der Waals surface area contributed by atoms with Gasteiger partial charge in [0.15, 0.2) is 6.61 Å². The van der Waals surface area contributed by atoms with Gasteiger partial charge in [-0.3, -0.25) is 0 Å². The molecule has 1 rings (SSSR count). The van der Waals surface area contributed by atoms with Crippen LogP contribution in [-0.2, 0) is 9.53 Å². The summed E-state index contributed by atoms with van der Waals surface area (Å²) in [4.78, 5) is 21.9. The summed E-state index contributed by atoms with van der Waals surface area (Å²) < 4.78 is 7.96. The third-order valence-electron chi connectivity index (χ3n) is 2.44. The van der Waals surface area contributed by atoms with Crippen molar-refractivity contribution in [2.45, 2.75) is 16.8 Å². The second kappa shape index (κ2) is 8.31. The van der Waals surface area contributed by atoms with Crippen LogP contribution >= 0.6 is 34.8 Å². The van der Waals surface area contributed by atoms with Crippen LogP contribution in [0.15, 0.2) is 24.3 Å². The SMILES string of the molecule is CCOC(=O)NC(c1ccc(OCC(=O)O)cc1)C(Cl)(Cl)Cl. The van der Waals surface area contributed by atoms with E-state index in [1.807, 2.05) is 0 Å². The van der Waals surface area contributed by atoms with Crippen LogP contribution in [0.25, 0.3) is 0 Å². The van der Waals surface area contributed by atoms with Crippen LogP contribution in [0.1, 0.15) is 18.5 Å². The third kappa shape index (κ3) is 6.17. The molecule has 1 unspecified atom stereocenters. The molecular weight excluding hydrogens is 357 g/mol. The second-order valence-corrected chi connectivity index (χ2v) is 6.46. The number of ether oxygens (including phenoxy) is 2. The summed E-state index contributed by atoms with van der Waals surface area (Å²) >= 11 is 17.6. The Morgan fingerprint density at radius 3 is 2.32 bits per heavy atom. The van der Waals surface area contributed by atoms with Crippen molar-refractivity contribution in [3.8, 4) is 5.75 Å². The van der Waals surface area contributed by atoms with Gasteiger partial charge in [-0.05, 0) is 24.6 Å². The first kappa shape index (κ1) is 18.7. The van der Waals surface area contributed by atoms with Crippen molar-refractivity contribution < 1.29 is 24.2 Å². The maximum atomic E-state index is 11.5. The molecule has 1 aromatic carbocycles. The van der Waals surface area contributed by atoms with Crippen molar-refractivity contribution in [1.82, 2.24) is 5.32 Å². The Balaban J connectivity index is 2.86. The van der Waals surface area contributed by atoms with Crippen LogP contribution < -0.4 is 10.1 Å².